The van der Waals surface area contributed by atoms with Gasteiger partial charge in [0.1, 0.15) is 0 Å². The first-order valence-corrected chi connectivity index (χ1v) is 8.31. The average molecular weight is 338 g/mol. The smallest absolute Gasteiger partial charge is 0.325 e. The summed E-state index contributed by atoms with van der Waals surface area (Å²) in [4.78, 5) is 11.8. The number of rotatable bonds is 6. The molecule has 1 aromatic carbocycles. The van der Waals surface area contributed by atoms with Crippen molar-refractivity contribution in [3.8, 4) is 0 Å². The Labute approximate surface area is 127 Å². The van der Waals surface area contributed by atoms with Gasteiger partial charge in [0, 0.05) is 12.2 Å². The van der Waals surface area contributed by atoms with Crippen molar-refractivity contribution in [2.45, 2.75) is 19.5 Å². The van der Waals surface area contributed by atoms with Gasteiger partial charge in [-0.3, -0.25) is 4.79 Å². The number of halogens is 3. The largest absolute Gasteiger partial charge is 0.416 e. The monoisotopic (exact) mass is 338 g/mol. The molecule has 22 heavy (non-hydrogen) atoms. The van der Waals surface area contributed by atoms with Crippen LogP contribution in [-0.4, -0.2) is 38.0 Å². The Hall–Kier alpha value is -1.61. The number of nitrogens with zero attached hydrogens (tertiary/aromatic N) is 1. The second-order valence-electron chi connectivity index (χ2n) is 4.72. The van der Waals surface area contributed by atoms with Crippen LogP contribution in [0.4, 0.5) is 18.9 Å². The maximum atomic E-state index is 12.4. The molecular weight excluding hydrogens is 321 g/mol. The number of alkyl halides is 3. The fraction of sp³-hybridized carbons (Fsp3) is 0.462. The van der Waals surface area contributed by atoms with Gasteiger partial charge in [0.05, 0.1) is 18.4 Å². The number of carbonyl (C=O) groups excluding carboxylic acids is 1. The van der Waals surface area contributed by atoms with Crippen LogP contribution in [-0.2, 0) is 21.0 Å². The molecule has 0 fully saturated rings. The zero-order valence-corrected chi connectivity index (χ0v) is 13.0. The average Bonchev–Trinajstić information content (AvgIpc) is 2.36. The highest BCUT2D eigenvalue weighted by Crippen LogP contribution is 2.29. The van der Waals surface area contributed by atoms with Crippen molar-refractivity contribution in [1.82, 2.24) is 4.31 Å². The zero-order chi connectivity index (χ0) is 17.0. The molecule has 0 unspecified atom stereocenters. The van der Waals surface area contributed by atoms with Gasteiger partial charge in [0.2, 0.25) is 15.9 Å². The maximum absolute atomic E-state index is 12.4. The fourth-order valence-electron chi connectivity index (χ4n) is 1.71. The van der Waals surface area contributed by atoms with Gasteiger partial charge in [-0.2, -0.15) is 17.5 Å². The molecule has 1 amide bonds. The van der Waals surface area contributed by atoms with E-state index in [0.29, 0.717) is 6.42 Å². The molecule has 0 spiro atoms. The lowest BCUT2D eigenvalue weighted by atomic mass is 10.2. The molecule has 1 rings (SSSR count). The molecular formula is C13H17F3N2O3S. The minimum absolute atomic E-state index is 0.169. The van der Waals surface area contributed by atoms with E-state index >= 15 is 0 Å². The van der Waals surface area contributed by atoms with E-state index in [1.165, 1.54) is 0 Å². The predicted molar refractivity (Wildman–Crippen MR) is 76.8 cm³/mol. The summed E-state index contributed by atoms with van der Waals surface area (Å²) < 4.78 is 61.2. The number of sulfonamides is 1. The first-order chi connectivity index (χ1) is 10.0. The van der Waals surface area contributed by atoms with Gasteiger partial charge < -0.3 is 5.32 Å². The summed E-state index contributed by atoms with van der Waals surface area (Å²) in [6.45, 7) is 1.58. The second-order valence-corrected chi connectivity index (χ2v) is 6.70. The molecule has 5 nitrogen and oxygen atoms in total. The molecule has 0 bridgehead atoms. The first-order valence-electron chi connectivity index (χ1n) is 6.46. The lowest BCUT2D eigenvalue weighted by Gasteiger charge is -2.18. The lowest BCUT2D eigenvalue weighted by molar-refractivity contribution is -0.137. The molecule has 0 radical (unpaired) electrons. The minimum Gasteiger partial charge on any atom is -0.325 e. The molecule has 0 atom stereocenters. The normalized spacial score (nSPS) is 12.5. The standard InChI is InChI=1S/C13H17F3N2O3S/c1-3-8-18(22(2,20)21)9-12(19)17-11-6-4-10(5-7-11)13(14,15)16/h4-7H,3,8-9H2,1-2H3,(H,17,19). The molecule has 124 valence electrons. The number of amides is 1. The molecule has 0 aliphatic carbocycles. The number of anilines is 1. The molecule has 1 N–H and O–H groups in total. The fourth-order valence-corrected chi connectivity index (χ4v) is 2.58. The van der Waals surface area contributed by atoms with E-state index in [9.17, 15) is 26.4 Å². The maximum Gasteiger partial charge on any atom is 0.416 e. The summed E-state index contributed by atoms with van der Waals surface area (Å²) in [5, 5.41) is 2.37. The third-order valence-corrected chi connectivity index (χ3v) is 4.01. The highest BCUT2D eigenvalue weighted by Gasteiger charge is 2.30. The van der Waals surface area contributed by atoms with Gasteiger partial charge in [-0.25, -0.2) is 8.42 Å². The Balaban J connectivity index is 2.72. The number of hydrogen-bond donors (Lipinski definition) is 1. The second kappa shape index (κ2) is 7.10. The summed E-state index contributed by atoms with van der Waals surface area (Å²) in [5.41, 5.74) is -0.655. The minimum atomic E-state index is -4.45. The molecule has 0 saturated carbocycles. The van der Waals surface area contributed by atoms with Crippen LogP contribution < -0.4 is 5.32 Å². The quantitative estimate of drug-likeness (QED) is 0.866. The summed E-state index contributed by atoms with van der Waals surface area (Å²) >= 11 is 0. The van der Waals surface area contributed by atoms with E-state index in [1.807, 2.05) is 0 Å². The predicted octanol–water partition coefficient (Wildman–Crippen LogP) is 2.32. The van der Waals surface area contributed by atoms with Crippen molar-refractivity contribution in [1.29, 1.82) is 0 Å². The Morgan fingerprint density at radius 3 is 2.18 bits per heavy atom. The number of hydrogen-bond acceptors (Lipinski definition) is 3. The third kappa shape index (κ3) is 5.64. The zero-order valence-electron chi connectivity index (χ0n) is 12.1. The highest BCUT2D eigenvalue weighted by atomic mass is 32.2. The summed E-state index contributed by atoms with van der Waals surface area (Å²) in [5.74, 6) is -0.612. The van der Waals surface area contributed by atoms with Crippen LogP contribution in [0.1, 0.15) is 18.9 Å². The van der Waals surface area contributed by atoms with E-state index in [-0.39, 0.29) is 18.8 Å². The Morgan fingerprint density at radius 1 is 1.23 bits per heavy atom. The van der Waals surface area contributed by atoms with Gasteiger partial charge in [-0.1, -0.05) is 6.92 Å². The lowest BCUT2D eigenvalue weighted by Crippen LogP contribution is -2.37. The number of benzene rings is 1. The van der Waals surface area contributed by atoms with E-state index in [4.69, 9.17) is 0 Å². The van der Waals surface area contributed by atoms with Crippen LogP contribution in [0, 0.1) is 0 Å². The molecule has 1 aromatic rings. The highest BCUT2D eigenvalue weighted by molar-refractivity contribution is 7.88. The summed E-state index contributed by atoms with van der Waals surface area (Å²) in [6, 6.07) is 3.92. The van der Waals surface area contributed by atoms with Gasteiger partial charge >= 0.3 is 6.18 Å². The van der Waals surface area contributed by atoms with E-state index < -0.39 is 27.7 Å². The van der Waals surface area contributed by atoms with Crippen molar-refractivity contribution in [3.63, 3.8) is 0 Å². The van der Waals surface area contributed by atoms with Gasteiger partial charge in [-0.05, 0) is 30.7 Å². The number of carbonyl (C=O) groups is 1. The third-order valence-electron chi connectivity index (χ3n) is 2.76. The molecule has 0 heterocycles. The van der Waals surface area contributed by atoms with E-state index in [0.717, 1.165) is 34.8 Å². The SMILES string of the molecule is CCCN(CC(=O)Nc1ccc(C(F)(F)F)cc1)S(C)(=O)=O. The Bertz CT molecular complexity index is 612. The van der Waals surface area contributed by atoms with Crippen LogP contribution in [0.5, 0.6) is 0 Å². The van der Waals surface area contributed by atoms with Gasteiger partial charge in [0.25, 0.3) is 0 Å². The number of nitrogens with one attached hydrogen (secondary N) is 1. The van der Waals surface area contributed by atoms with Gasteiger partial charge in [-0.15, -0.1) is 0 Å². The van der Waals surface area contributed by atoms with Crippen LogP contribution in [0.2, 0.25) is 0 Å². The van der Waals surface area contributed by atoms with Crippen molar-refractivity contribution in [2.24, 2.45) is 0 Å². The van der Waals surface area contributed by atoms with Crippen LogP contribution >= 0.6 is 0 Å². The Morgan fingerprint density at radius 2 is 1.77 bits per heavy atom. The van der Waals surface area contributed by atoms with Crippen LogP contribution in [0.15, 0.2) is 24.3 Å². The van der Waals surface area contributed by atoms with Crippen molar-refractivity contribution >= 4 is 21.6 Å². The van der Waals surface area contributed by atoms with Crippen molar-refractivity contribution in [2.75, 3.05) is 24.7 Å². The van der Waals surface area contributed by atoms with E-state index in [1.54, 1.807) is 6.92 Å². The molecule has 0 aromatic heterocycles. The van der Waals surface area contributed by atoms with Gasteiger partial charge in [0.15, 0.2) is 0 Å². The molecule has 0 aliphatic heterocycles. The first kappa shape index (κ1) is 18.4. The molecule has 9 heteroatoms. The molecule has 0 aliphatic rings. The van der Waals surface area contributed by atoms with E-state index in [2.05, 4.69) is 5.32 Å². The van der Waals surface area contributed by atoms with Crippen molar-refractivity contribution in [3.05, 3.63) is 29.8 Å². The Kier molecular flexibility index (Phi) is 5.95. The topological polar surface area (TPSA) is 66.5 Å². The van der Waals surface area contributed by atoms with Crippen LogP contribution in [0.3, 0.4) is 0 Å². The van der Waals surface area contributed by atoms with Crippen molar-refractivity contribution < 1.29 is 26.4 Å². The van der Waals surface area contributed by atoms with Crippen LogP contribution in [0.25, 0.3) is 0 Å². The molecule has 0 saturated heterocycles. The summed E-state index contributed by atoms with van der Waals surface area (Å²) in [6.07, 6.45) is -2.91. The summed E-state index contributed by atoms with van der Waals surface area (Å²) in [7, 11) is -3.52.